The van der Waals surface area contributed by atoms with E-state index in [1.54, 1.807) is 4.57 Å². The summed E-state index contributed by atoms with van der Waals surface area (Å²) in [5.41, 5.74) is 1.51. The number of amides is 3. The van der Waals surface area contributed by atoms with Crippen molar-refractivity contribution in [2.75, 3.05) is 13.2 Å². The maximum atomic E-state index is 12.8. The molecule has 0 aliphatic rings. The maximum Gasteiger partial charge on any atom is 0.321 e. The largest absolute Gasteiger partial charge is 0.456 e. The van der Waals surface area contributed by atoms with Crippen LogP contribution in [0.3, 0.4) is 0 Å². The van der Waals surface area contributed by atoms with Gasteiger partial charge in [-0.2, -0.15) is 0 Å². The number of benzene rings is 1. The van der Waals surface area contributed by atoms with E-state index in [2.05, 4.69) is 22.5 Å². The molecule has 9 nitrogen and oxygen atoms in total. The smallest absolute Gasteiger partial charge is 0.321 e. The van der Waals surface area contributed by atoms with Gasteiger partial charge in [0.1, 0.15) is 5.69 Å². The van der Waals surface area contributed by atoms with Gasteiger partial charge in [-0.1, -0.05) is 39.3 Å². The van der Waals surface area contributed by atoms with E-state index in [-0.39, 0.29) is 30.0 Å². The molecule has 2 N–H and O–H groups in total. The van der Waals surface area contributed by atoms with Crippen molar-refractivity contribution in [3.05, 3.63) is 40.3 Å². The van der Waals surface area contributed by atoms with Gasteiger partial charge in [-0.15, -0.1) is 0 Å². The Morgan fingerprint density at radius 1 is 1.19 bits per heavy atom. The topological polar surface area (TPSA) is 119 Å². The van der Waals surface area contributed by atoms with Crippen molar-refractivity contribution in [2.45, 2.75) is 53.0 Å². The second-order valence-electron chi connectivity index (χ2n) is 7.67. The van der Waals surface area contributed by atoms with Gasteiger partial charge in [-0.05, 0) is 24.5 Å². The Hall–Kier alpha value is -3.23. The van der Waals surface area contributed by atoms with Crippen LogP contribution in [0.5, 0.6) is 0 Å². The van der Waals surface area contributed by atoms with Crippen molar-refractivity contribution < 1.29 is 19.1 Å². The number of rotatable bonds is 10. The predicted molar refractivity (Wildman–Crippen MR) is 117 cm³/mol. The minimum absolute atomic E-state index is 0.0960. The molecule has 0 saturated carbocycles. The van der Waals surface area contributed by atoms with Crippen molar-refractivity contribution in [1.82, 2.24) is 20.2 Å². The average molecular weight is 431 g/mol. The molecule has 0 saturated heterocycles. The van der Waals surface area contributed by atoms with E-state index in [1.165, 1.54) is 0 Å². The molecule has 1 aromatic heterocycles. The Kier molecular flexibility index (Phi) is 9.17. The number of imide groups is 1. The molecule has 0 atom stereocenters. The number of carbonyl (C=O) groups excluding carboxylic acids is 3. The van der Waals surface area contributed by atoms with Gasteiger partial charge in [0, 0.05) is 19.5 Å². The molecular weight excluding hydrogens is 400 g/mol. The number of carbonyl (C=O) groups is 3. The highest BCUT2D eigenvalue weighted by molar-refractivity contribution is 5.95. The lowest BCUT2D eigenvalue weighted by Gasteiger charge is -2.12. The van der Waals surface area contributed by atoms with Crippen molar-refractivity contribution >= 4 is 28.9 Å². The lowest BCUT2D eigenvalue weighted by Crippen LogP contribution is -2.42. The summed E-state index contributed by atoms with van der Waals surface area (Å²) in [6.45, 7) is 6.33. The molecule has 0 unspecified atom stereocenters. The molecule has 0 aliphatic heterocycles. The van der Waals surface area contributed by atoms with Crippen LogP contribution in [0, 0.1) is 5.92 Å². The number of para-hydroxylation sites is 2. The van der Waals surface area contributed by atoms with Gasteiger partial charge in [-0.3, -0.25) is 19.7 Å². The fraction of sp³-hybridized carbons (Fsp3) is 0.500. The van der Waals surface area contributed by atoms with Gasteiger partial charge in [0.2, 0.25) is 0 Å². The van der Waals surface area contributed by atoms with E-state index in [0.717, 1.165) is 18.4 Å². The first-order chi connectivity index (χ1) is 14.8. The minimum atomic E-state index is -0.722. The third kappa shape index (κ3) is 7.51. The summed E-state index contributed by atoms with van der Waals surface area (Å²) in [5, 5.41) is 4.62. The van der Waals surface area contributed by atoms with Crippen molar-refractivity contribution in [3.8, 4) is 0 Å². The van der Waals surface area contributed by atoms with Gasteiger partial charge in [0.25, 0.3) is 11.5 Å². The van der Waals surface area contributed by atoms with Crippen LogP contribution in [-0.4, -0.2) is 40.6 Å². The van der Waals surface area contributed by atoms with Gasteiger partial charge in [-0.25, -0.2) is 9.78 Å². The van der Waals surface area contributed by atoms with Gasteiger partial charge >= 0.3 is 12.0 Å². The third-order valence-electron chi connectivity index (χ3n) is 4.51. The highest BCUT2D eigenvalue weighted by Gasteiger charge is 2.15. The van der Waals surface area contributed by atoms with Gasteiger partial charge < -0.3 is 14.6 Å². The number of fused-ring (bicyclic) bond motifs is 1. The number of hydrogen-bond donors (Lipinski definition) is 2. The van der Waals surface area contributed by atoms with E-state index < -0.39 is 24.5 Å². The van der Waals surface area contributed by atoms with Crippen LogP contribution >= 0.6 is 0 Å². The molecule has 1 heterocycles. The normalized spacial score (nSPS) is 10.8. The number of hydrogen-bond acceptors (Lipinski definition) is 6. The number of nitrogens with zero attached hydrogens (tertiary/aromatic N) is 2. The molecule has 0 spiro atoms. The Balaban J connectivity index is 1.93. The molecule has 0 fully saturated rings. The van der Waals surface area contributed by atoms with E-state index in [0.29, 0.717) is 18.6 Å². The zero-order chi connectivity index (χ0) is 22.8. The predicted octanol–water partition coefficient (Wildman–Crippen LogP) is 2.15. The van der Waals surface area contributed by atoms with E-state index in [1.807, 2.05) is 38.1 Å². The summed E-state index contributed by atoms with van der Waals surface area (Å²) in [7, 11) is 0. The third-order valence-corrected chi connectivity index (χ3v) is 4.51. The molecule has 1 aromatic carbocycles. The highest BCUT2D eigenvalue weighted by Crippen LogP contribution is 2.12. The molecule has 0 radical (unpaired) electrons. The quantitative estimate of drug-likeness (QED) is 0.558. The van der Waals surface area contributed by atoms with E-state index in [9.17, 15) is 19.2 Å². The van der Waals surface area contributed by atoms with Crippen LogP contribution < -0.4 is 16.2 Å². The summed E-state index contributed by atoms with van der Waals surface area (Å²) in [6, 6.07) is 6.75. The number of nitrogens with one attached hydrogen (secondary N) is 2. The van der Waals surface area contributed by atoms with Crippen LogP contribution in [-0.2, 0) is 27.3 Å². The standard InChI is InChI=1S/C22H30N4O5/c1-4-5-12-26-18-9-7-6-8-16(18)24-17(21(26)29)10-11-20(28)31-14-19(27)25-22(30)23-13-15(2)3/h6-9,15H,4-5,10-14H2,1-3H3,(H2,23,25,27,30). The summed E-state index contributed by atoms with van der Waals surface area (Å²) in [6.07, 6.45) is 1.81. The first kappa shape index (κ1) is 24.0. The van der Waals surface area contributed by atoms with Crippen LogP contribution in [0.4, 0.5) is 4.79 Å². The summed E-state index contributed by atoms with van der Waals surface area (Å²) >= 11 is 0. The average Bonchev–Trinajstić information content (AvgIpc) is 2.74. The summed E-state index contributed by atoms with van der Waals surface area (Å²) in [5.74, 6) is -1.12. The van der Waals surface area contributed by atoms with Gasteiger partial charge in [0.15, 0.2) is 6.61 Å². The Morgan fingerprint density at radius 2 is 1.94 bits per heavy atom. The zero-order valence-corrected chi connectivity index (χ0v) is 18.3. The fourth-order valence-corrected chi connectivity index (χ4v) is 2.89. The summed E-state index contributed by atoms with van der Waals surface area (Å²) < 4.78 is 6.60. The fourth-order valence-electron chi connectivity index (χ4n) is 2.89. The maximum absolute atomic E-state index is 12.8. The lowest BCUT2D eigenvalue weighted by molar-refractivity contribution is -0.148. The van der Waals surface area contributed by atoms with E-state index >= 15 is 0 Å². The number of unbranched alkanes of at least 4 members (excludes halogenated alkanes) is 1. The first-order valence-corrected chi connectivity index (χ1v) is 10.5. The second kappa shape index (κ2) is 11.8. The Morgan fingerprint density at radius 3 is 2.65 bits per heavy atom. The molecule has 3 amide bonds. The molecule has 2 rings (SSSR count). The van der Waals surface area contributed by atoms with Crippen LogP contribution in [0.15, 0.2) is 29.1 Å². The number of esters is 1. The highest BCUT2D eigenvalue weighted by atomic mass is 16.5. The molecule has 0 aliphatic carbocycles. The molecule has 31 heavy (non-hydrogen) atoms. The SMILES string of the molecule is CCCCn1c(=O)c(CCC(=O)OCC(=O)NC(=O)NCC(C)C)nc2ccccc21. The molecule has 9 heteroatoms. The summed E-state index contributed by atoms with van der Waals surface area (Å²) in [4.78, 5) is 52.5. The van der Waals surface area contributed by atoms with Crippen molar-refractivity contribution in [1.29, 1.82) is 0 Å². The van der Waals surface area contributed by atoms with Gasteiger partial charge in [0.05, 0.1) is 17.5 Å². The molecular formula is C22H30N4O5. The van der Waals surface area contributed by atoms with Crippen molar-refractivity contribution in [2.24, 2.45) is 5.92 Å². The molecule has 2 aromatic rings. The lowest BCUT2D eigenvalue weighted by atomic mass is 10.2. The number of aromatic nitrogens is 2. The first-order valence-electron chi connectivity index (χ1n) is 10.5. The van der Waals surface area contributed by atoms with Crippen LogP contribution in [0.2, 0.25) is 0 Å². The number of aryl methyl sites for hydroxylation is 2. The van der Waals surface area contributed by atoms with Crippen LogP contribution in [0.1, 0.15) is 45.7 Å². The molecule has 0 bridgehead atoms. The Bertz CT molecular complexity index is 984. The Labute approximate surface area is 181 Å². The van der Waals surface area contributed by atoms with Crippen molar-refractivity contribution in [3.63, 3.8) is 0 Å². The number of ether oxygens (including phenoxy) is 1. The molecule has 168 valence electrons. The number of urea groups is 1. The minimum Gasteiger partial charge on any atom is -0.456 e. The van der Waals surface area contributed by atoms with Crippen LogP contribution in [0.25, 0.3) is 11.0 Å². The monoisotopic (exact) mass is 430 g/mol. The zero-order valence-electron chi connectivity index (χ0n) is 18.3. The second-order valence-corrected chi connectivity index (χ2v) is 7.67. The van der Waals surface area contributed by atoms with E-state index in [4.69, 9.17) is 4.74 Å².